The van der Waals surface area contributed by atoms with Crippen molar-refractivity contribution in [2.75, 3.05) is 25.6 Å². The number of carboxylic acid groups (broad SMARTS) is 1. The standard InChI is InChI=1S/C26H23BrN2O6/c1-34-14-23(25(31)32)28-24(30)15-10-11-21(27)22(12-15)29-26(33)35-13-20-18-8-4-2-6-16(18)17-7-3-5-9-19(17)20/h2-12,20,23H,13-14H2,1H3,(H,28,30)(H,29,33)(H,31,32)/t23-/m0/s1. The van der Waals surface area contributed by atoms with E-state index < -0.39 is 24.0 Å². The molecule has 0 unspecified atom stereocenters. The summed E-state index contributed by atoms with van der Waals surface area (Å²) in [7, 11) is 1.35. The number of aliphatic carboxylic acids is 1. The molecular weight excluding hydrogens is 516 g/mol. The fourth-order valence-corrected chi connectivity index (χ4v) is 4.44. The van der Waals surface area contributed by atoms with Crippen molar-refractivity contribution in [3.63, 3.8) is 0 Å². The number of methoxy groups -OCH3 is 1. The smallest absolute Gasteiger partial charge is 0.411 e. The van der Waals surface area contributed by atoms with Gasteiger partial charge in [-0.25, -0.2) is 9.59 Å². The van der Waals surface area contributed by atoms with Gasteiger partial charge < -0.3 is 19.9 Å². The fourth-order valence-electron chi connectivity index (χ4n) is 4.09. The Bertz CT molecular complexity index is 1230. The number of carbonyl (C=O) groups excluding carboxylic acids is 2. The van der Waals surface area contributed by atoms with Crippen LogP contribution in [0.5, 0.6) is 0 Å². The summed E-state index contributed by atoms with van der Waals surface area (Å²) in [6, 6.07) is 19.4. The van der Waals surface area contributed by atoms with Gasteiger partial charge in [0, 0.05) is 23.1 Å². The number of fused-ring (bicyclic) bond motifs is 3. The predicted molar refractivity (Wildman–Crippen MR) is 134 cm³/mol. The lowest BCUT2D eigenvalue weighted by Gasteiger charge is -2.16. The minimum absolute atomic E-state index is 0.0811. The van der Waals surface area contributed by atoms with Crippen LogP contribution in [0.2, 0.25) is 0 Å². The largest absolute Gasteiger partial charge is 0.480 e. The monoisotopic (exact) mass is 538 g/mol. The third-order valence-corrected chi connectivity index (χ3v) is 6.44. The van der Waals surface area contributed by atoms with E-state index in [1.807, 2.05) is 36.4 Å². The van der Waals surface area contributed by atoms with Crippen LogP contribution in [-0.2, 0) is 14.3 Å². The number of carbonyl (C=O) groups is 3. The number of benzene rings is 3. The molecule has 2 amide bonds. The van der Waals surface area contributed by atoms with Crippen molar-refractivity contribution < 1.29 is 29.0 Å². The second-order valence-corrected chi connectivity index (χ2v) is 8.82. The summed E-state index contributed by atoms with van der Waals surface area (Å²) in [6.07, 6.45) is -0.673. The molecule has 3 aromatic rings. The highest BCUT2D eigenvalue weighted by Crippen LogP contribution is 2.44. The Morgan fingerprint density at radius 1 is 1.00 bits per heavy atom. The quantitative estimate of drug-likeness (QED) is 0.385. The van der Waals surface area contributed by atoms with Gasteiger partial charge in [0.2, 0.25) is 0 Å². The van der Waals surface area contributed by atoms with Crippen molar-refractivity contribution in [3.05, 3.63) is 87.9 Å². The molecule has 0 spiro atoms. The number of hydrogen-bond acceptors (Lipinski definition) is 5. The molecule has 3 N–H and O–H groups in total. The molecule has 0 fully saturated rings. The summed E-state index contributed by atoms with van der Waals surface area (Å²) in [5.74, 6) is -1.91. The molecule has 180 valence electrons. The Hall–Kier alpha value is -3.69. The predicted octanol–water partition coefficient (Wildman–Crippen LogP) is 4.64. The maximum absolute atomic E-state index is 12.6. The molecule has 0 aliphatic heterocycles. The molecule has 0 radical (unpaired) electrons. The first-order chi connectivity index (χ1) is 16.9. The number of hydrogen-bond donors (Lipinski definition) is 3. The van der Waals surface area contributed by atoms with Crippen LogP contribution in [0.4, 0.5) is 10.5 Å². The summed E-state index contributed by atoms with van der Waals surface area (Å²) in [5, 5.41) is 14.3. The maximum Gasteiger partial charge on any atom is 0.411 e. The fraction of sp³-hybridized carbons (Fsp3) is 0.192. The number of rotatable bonds is 8. The van der Waals surface area contributed by atoms with Crippen LogP contribution in [0.15, 0.2) is 71.2 Å². The zero-order valence-electron chi connectivity index (χ0n) is 18.8. The van der Waals surface area contributed by atoms with Crippen LogP contribution < -0.4 is 10.6 Å². The maximum atomic E-state index is 12.6. The van der Waals surface area contributed by atoms with Gasteiger partial charge >= 0.3 is 12.1 Å². The van der Waals surface area contributed by atoms with E-state index in [1.54, 1.807) is 6.07 Å². The third kappa shape index (κ3) is 5.36. The molecule has 9 heteroatoms. The number of anilines is 1. The summed E-state index contributed by atoms with van der Waals surface area (Å²) in [5.41, 5.74) is 4.95. The zero-order chi connectivity index (χ0) is 24.9. The van der Waals surface area contributed by atoms with Gasteiger partial charge in [-0.15, -0.1) is 0 Å². The minimum atomic E-state index is -1.21. The van der Waals surface area contributed by atoms with Gasteiger partial charge in [0.15, 0.2) is 6.04 Å². The van der Waals surface area contributed by atoms with Crippen LogP contribution in [-0.4, -0.2) is 49.4 Å². The normalized spacial score (nSPS) is 12.9. The van der Waals surface area contributed by atoms with Crippen molar-refractivity contribution in [2.45, 2.75) is 12.0 Å². The van der Waals surface area contributed by atoms with E-state index in [1.165, 1.54) is 19.2 Å². The first-order valence-corrected chi connectivity index (χ1v) is 11.6. The molecule has 1 aliphatic rings. The molecule has 3 aromatic carbocycles. The molecule has 0 heterocycles. The highest BCUT2D eigenvalue weighted by Gasteiger charge is 2.29. The van der Waals surface area contributed by atoms with E-state index in [2.05, 4.69) is 38.7 Å². The van der Waals surface area contributed by atoms with Gasteiger partial charge in [0.25, 0.3) is 5.91 Å². The van der Waals surface area contributed by atoms with Gasteiger partial charge in [-0.2, -0.15) is 0 Å². The molecule has 0 saturated carbocycles. The first-order valence-electron chi connectivity index (χ1n) is 10.8. The minimum Gasteiger partial charge on any atom is -0.480 e. The Morgan fingerprint density at radius 2 is 1.63 bits per heavy atom. The molecule has 0 aromatic heterocycles. The van der Waals surface area contributed by atoms with Crippen LogP contribution in [0, 0.1) is 0 Å². The van der Waals surface area contributed by atoms with E-state index >= 15 is 0 Å². The van der Waals surface area contributed by atoms with E-state index in [-0.39, 0.29) is 24.7 Å². The Morgan fingerprint density at radius 3 is 2.23 bits per heavy atom. The Balaban J connectivity index is 1.43. The highest BCUT2D eigenvalue weighted by molar-refractivity contribution is 9.10. The van der Waals surface area contributed by atoms with Gasteiger partial charge in [0.1, 0.15) is 6.61 Å². The number of halogens is 1. The van der Waals surface area contributed by atoms with Crippen LogP contribution in [0.3, 0.4) is 0 Å². The Labute approximate surface area is 210 Å². The SMILES string of the molecule is COC[C@H](NC(=O)c1ccc(Br)c(NC(=O)OCC2c3ccccc3-c3ccccc32)c1)C(=O)O. The molecule has 0 bridgehead atoms. The van der Waals surface area contributed by atoms with Crippen LogP contribution in [0.1, 0.15) is 27.4 Å². The molecule has 35 heavy (non-hydrogen) atoms. The lowest BCUT2D eigenvalue weighted by atomic mass is 9.98. The lowest BCUT2D eigenvalue weighted by Crippen LogP contribution is -2.43. The Kier molecular flexibility index (Phi) is 7.48. The second kappa shape index (κ2) is 10.7. The van der Waals surface area contributed by atoms with E-state index in [0.717, 1.165) is 22.3 Å². The molecular formula is C26H23BrN2O6. The summed E-state index contributed by atoms with van der Waals surface area (Å²) >= 11 is 3.35. The molecule has 8 nitrogen and oxygen atoms in total. The van der Waals surface area contributed by atoms with Crippen molar-refractivity contribution in [1.82, 2.24) is 5.32 Å². The summed E-state index contributed by atoms with van der Waals surface area (Å²) in [4.78, 5) is 36.4. The number of nitrogens with one attached hydrogen (secondary N) is 2. The molecule has 1 aliphatic carbocycles. The number of carboxylic acids is 1. The lowest BCUT2D eigenvalue weighted by molar-refractivity contribution is -0.140. The van der Waals surface area contributed by atoms with E-state index in [9.17, 15) is 19.5 Å². The van der Waals surface area contributed by atoms with Crippen molar-refractivity contribution in [1.29, 1.82) is 0 Å². The van der Waals surface area contributed by atoms with Crippen molar-refractivity contribution in [3.8, 4) is 11.1 Å². The van der Waals surface area contributed by atoms with Crippen LogP contribution in [0.25, 0.3) is 11.1 Å². The average molecular weight is 539 g/mol. The summed E-state index contributed by atoms with van der Waals surface area (Å²) < 4.78 is 10.9. The number of amides is 2. The third-order valence-electron chi connectivity index (χ3n) is 5.75. The number of ether oxygens (including phenoxy) is 2. The zero-order valence-corrected chi connectivity index (χ0v) is 20.4. The highest BCUT2D eigenvalue weighted by atomic mass is 79.9. The van der Waals surface area contributed by atoms with Gasteiger partial charge in [-0.05, 0) is 56.4 Å². The summed E-state index contributed by atoms with van der Waals surface area (Å²) in [6.45, 7) is -0.0303. The van der Waals surface area contributed by atoms with Gasteiger partial charge in [-0.3, -0.25) is 10.1 Å². The molecule has 0 saturated heterocycles. The van der Waals surface area contributed by atoms with Crippen LogP contribution >= 0.6 is 15.9 Å². The van der Waals surface area contributed by atoms with Gasteiger partial charge in [-0.1, -0.05) is 48.5 Å². The molecule has 4 rings (SSSR count). The topological polar surface area (TPSA) is 114 Å². The first kappa shape index (κ1) is 24.4. The average Bonchev–Trinajstić information content (AvgIpc) is 3.17. The van der Waals surface area contributed by atoms with Crippen molar-refractivity contribution >= 4 is 39.6 Å². The van der Waals surface area contributed by atoms with E-state index in [4.69, 9.17) is 9.47 Å². The van der Waals surface area contributed by atoms with Gasteiger partial charge in [0.05, 0.1) is 12.3 Å². The molecule has 1 atom stereocenters. The van der Waals surface area contributed by atoms with Crippen molar-refractivity contribution in [2.24, 2.45) is 0 Å². The van der Waals surface area contributed by atoms with E-state index in [0.29, 0.717) is 10.2 Å². The second-order valence-electron chi connectivity index (χ2n) is 7.96.